The second-order valence-corrected chi connectivity index (χ2v) is 8.91. The number of hydrogen-bond acceptors (Lipinski definition) is 3. The van der Waals surface area contributed by atoms with Crippen LogP contribution in [0, 0.1) is 20.8 Å². The Morgan fingerprint density at radius 3 is 2.66 bits per heavy atom. The molecule has 1 aromatic carbocycles. The van der Waals surface area contributed by atoms with Crippen molar-refractivity contribution in [2.45, 2.75) is 33.7 Å². The fourth-order valence-electron chi connectivity index (χ4n) is 3.16. The fourth-order valence-corrected chi connectivity index (χ4v) is 4.21. The molecular weight excluding hydrogens is 450 g/mol. The number of nitrogens with one attached hydrogen (secondary N) is 2. The van der Waals surface area contributed by atoms with Gasteiger partial charge in [-0.2, -0.15) is 0 Å². The van der Waals surface area contributed by atoms with Gasteiger partial charge in [-0.15, -0.1) is 11.3 Å². The molecule has 0 aliphatic rings. The molecule has 7 heteroatoms. The molecule has 0 saturated carbocycles. The summed E-state index contributed by atoms with van der Waals surface area (Å²) < 4.78 is 3.05. The normalized spacial score (nSPS) is 10.8. The molecule has 2 N–H and O–H groups in total. The van der Waals surface area contributed by atoms with Crippen molar-refractivity contribution in [3.63, 3.8) is 0 Å². The van der Waals surface area contributed by atoms with Gasteiger partial charge in [0.1, 0.15) is 0 Å². The monoisotopic (exact) mass is 473 g/mol. The molecule has 0 radical (unpaired) electrons. The van der Waals surface area contributed by atoms with Gasteiger partial charge in [0.15, 0.2) is 0 Å². The highest BCUT2D eigenvalue weighted by molar-refractivity contribution is 9.10. The maximum absolute atomic E-state index is 12.6. The SMILES string of the molecule is Cc1ccc(Br)cc1NC(=O)CCNC(=O)c1cc(C)n(Cc2cccs2)c1C. The number of amides is 2. The number of thiophene rings is 1. The van der Waals surface area contributed by atoms with Crippen LogP contribution < -0.4 is 10.6 Å². The standard InChI is InChI=1S/C22H24BrN3O2S/c1-14-6-7-17(23)12-20(14)25-21(27)8-9-24-22(28)19-11-15(2)26(16(19)3)13-18-5-4-10-29-18/h4-7,10-12H,8-9,13H2,1-3H3,(H,24,28)(H,25,27). The number of rotatable bonds is 7. The molecule has 0 aliphatic heterocycles. The van der Waals surface area contributed by atoms with Crippen molar-refractivity contribution < 1.29 is 9.59 Å². The van der Waals surface area contributed by atoms with Gasteiger partial charge in [0.05, 0.1) is 12.1 Å². The van der Waals surface area contributed by atoms with Crippen LogP contribution in [0.1, 0.15) is 38.6 Å². The number of carbonyl (C=O) groups excluding carboxylic acids is 2. The lowest BCUT2D eigenvalue weighted by Gasteiger charge is -2.10. The number of halogens is 1. The van der Waals surface area contributed by atoms with Crippen LogP contribution in [0.15, 0.2) is 46.3 Å². The first-order valence-electron chi connectivity index (χ1n) is 9.38. The molecule has 0 fully saturated rings. The van der Waals surface area contributed by atoms with E-state index in [1.807, 2.05) is 51.1 Å². The average molecular weight is 474 g/mol. The maximum atomic E-state index is 12.6. The molecule has 0 spiro atoms. The number of hydrogen-bond donors (Lipinski definition) is 2. The topological polar surface area (TPSA) is 63.1 Å². The summed E-state index contributed by atoms with van der Waals surface area (Å²) in [5, 5.41) is 7.81. The van der Waals surface area contributed by atoms with Gasteiger partial charge < -0.3 is 15.2 Å². The van der Waals surface area contributed by atoms with Crippen LogP contribution in [0.3, 0.4) is 0 Å². The van der Waals surface area contributed by atoms with E-state index < -0.39 is 0 Å². The van der Waals surface area contributed by atoms with Crippen molar-refractivity contribution in [2.24, 2.45) is 0 Å². The molecule has 0 atom stereocenters. The predicted octanol–water partition coefficient (Wildman–Crippen LogP) is 5.04. The molecule has 2 amide bonds. The lowest BCUT2D eigenvalue weighted by molar-refractivity contribution is -0.116. The minimum Gasteiger partial charge on any atom is -0.351 e. The third kappa shape index (κ3) is 5.36. The van der Waals surface area contributed by atoms with E-state index in [0.717, 1.165) is 33.7 Å². The molecule has 0 bridgehead atoms. The van der Waals surface area contributed by atoms with Crippen molar-refractivity contribution >= 4 is 44.8 Å². The lowest BCUT2D eigenvalue weighted by Crippen LogP contribution is -2.28. The Bertz CT molecular complexity index is 1030. The molecule has 0 unspecified atom stereocenters. The van der Waals surface area contributed by atoms with E-state index in [9.17, 15) is 9.59 Å². The van der Waals surface area contributed by atoms with Crippen LogP contribution in [0.25, 0.3) is 0 Å². The highest BCUT2D eigenvalue weighted by atomic mass is 79.9. The Morgan fingerprint density at radius 1 is 1.14 bits per heavy atom. The summed E-state index contributed by atoms with van der Waals surface area (Å²) in [5.74, 6) is -0.281. The first kappa shape index (κ1) is 21.3. The van der Waals surface area contributed by atoms with Gasteiger partial charge in [-0.1, -0.05) is 28.1 Å². The van der Waals surface area contributed by atoms with E-state index in [1.54, 1.807) is 11.3 Å². The Kier molecular flexibility index (Phi) is 6.92. The molecular formula is C22H24BrN3O2S. The molecule has 2 aromatic heterocycles. The van der Waals surface area contributed by atoms with Gasteiger partial charge in [0.25, 0.3) is 5.91 Å². The maximum Gasteiger partial charge on any atom is 0.253 e. The van der Waals surface area contributed by atoms with E-state index in [1.165, 1.54) is 4.88 Å². The number of nitrogens with zero attached hydrogens (tertiary/aromatic N) is 1. The lowest BCUT2D eigenvalue weighted by atomic mass is 10.2. The third-order valence-electron chi connectivity index (χ3n) is 4.82. The van der Waals surface area contributed by atoms with Crippen molar-refractivity contribution in [3.05, 3.63) is 73.6 Å². The van der Waals surface area contributed by atoms with Crippen LogP contribution in [0.4, 0.5) is 5.69 Å². The summed E-state index contributed by atoms with van der Waals surface area (Å²) in [6, 6.07) is 11.8. The molecule has 0 saturated heterocycles. The number of aryl methyl sites for hydroxylation is 2. The fraction of sp³-hybridized carbons (Fsp3) is 0.273. The van der Waals surface area contributed by atoms with Crippen molar-refractivity contribution in [3.8, 4) is 0 Å². The number of benzene rings is 1. The van der Waals surface area contributed by atoms with Crippen molar-refractivity contribution in [1.82, 2.24) is 9.88 Å². The zero-order valence-electron chi connectivity index (χ0n) is 16.7. The van der Waals surface area contributed by atoms with Gasteiger partial charge in [0.2, 0.25) is 5.91 Å². The smallest absolute Gasteiger partial charge is 0.253 e. The first-order chi connectivity index (χ1) is 13.8. The quantitative estimate of drug-likeness (QED) is 0.504. The highest BCUT2D eigenvalue weighted by Crippen LogP contribution is 2.21. The summed E-state index contributed by atoms with van der Waals surface area (Å²) in [5.41, 5.74) is 4.39. The minimum absolute atomic E-state index is 0.130. The number of carbonyl (C=O) groups is 2. The van der Waals surface area contributed by atoms with E-state index >= 15 is 0 Å². The highest BCUT2D eigenvalue weighted by Gasteiger charge is 2.16. The molecule has 29 heavy (non-hydrogen) atoms. The third-order valence-corrected chi connectivity index (χ3v) is 6.18. The number of anilines is 1. The molecule has 3 rings (SSSR count). The molecule has 3 aromatic rings. The van der Waals surface area contributed by atoms with Crippen LogP contribution in [-0.2, 0) is 11.3 Å². The summed E-state index contributed by atoms with van der Waals surface area (Å²) in [4.78, 5) is 26.1. The second-order valence-electron chi connectivity index (χ2n) is 6.96. The van der Waals surface area contributed by atoms with Crippen molar-refractivity contribution in [2.75, 3.05) is 11.9 Å². The van der Waals surface area contributed by atoms with Gasteiger partial charge in [-0.25, -0.2) is 0 Å². The Balaban J connectivity index is 1.55. The second kappa shape index (κ2) is 9.41. The molecule has 0 aliphatic carbocycles. The van der Waals surface area contributed by atoms with Crippen molar-refractivity contribution in [1.29, 1.82) is 0 Å². The first-order valence-corrected chi connectivity index (χ1v) is 11.1. The summed E-state index contributed by atoms with van der Waals surface area (Å²) >= 11 is 5.11. The van der Waals surface area contributed by atoms with Gasteiger partial charge in [-0.05, 0) is 56.0 Å². The van der Waals surface area contributed by atoms with Gasteiger partial charge in [-0.3, -0.25) is 9.59 Å². The summed E-state index contributed by atoms with van der Waals surface area (Å²) in [6.07, 6.45) is 0.214. The van der Waals surface area contributed by atoms with Crippen LogP contribution in [0.5, 0.6) is 0 Å². The average Bonchev–Trinajstić information content (AvgIpc) is 3.28. The van der Waals surface area contributed by atoms with E-state index in [-0.39, 0.29) is 24.8 Å². The van der Waals surface area contributed by atoms with E-state index in [0.29, 0.717) is 5.56 Å². The molecule has 2 heterocycles. The zero-order valence-corrected chi connectivity index (χ0v) is 19.1. The number of aromatic nitrogens is 1. The Morgan fingerprint density at radius 2 is 1.93 bits per heavy atom. The zero-order chi connectivity index (χ0) is 21.0. The summed E-state index contributed by atoms with van der Waals surface area (Å²) in [6.45, 7) is 6.95. The largest absolute Gasteiger partial charge is 0.351 e. The van der Waals surface area contributed by atoms with E-state index in [4.69, 9.17) is 0 Å². The minimum atomic E-state index is -0.151. The summed E-state index contributed by atoms with van der Waals surface area (Å²) in [7, 11) is 0. The van der Waals surface area contributed by atoms with Crippen LogP contribution in [0.2, 0.25) is 0 Å². The Labute approximate surface area is 183 Å². The predicted molar refractivity (Wildman–Crippen MR) is 122 cm³/mol. The van der Waals surface area contributed by atoms with Crippen LogP contribution in [-0.4, -0.2) is 22.9 Å². The van der Waals surface area contributed by atoms with Gasteiger partial charge >= 0.3 is 0 Å². The van der Waals surface area contributed by atoms with Gasteiger partial charge in [0, 0.05) is 39.4 Å². The Hall–Kier alpha value is -2.38. The van der Waals surface area contributed by atoms with Crippen LogP contribution >= 0.6 is 27.3 Å². The molecule has 152 valence electrons. The molecule has 5 nitrogen and oxygen atoms in total. The van der Waals surface area contributed by atoms with E-state index in [2.05, 4.69) is 42.6 Å².